The number of benzene rings is 1. The van der Waals surface area contributed by atoms with Gasteiger partial charge in [-0.2, -0.15) is 0 Å². The molecule has 1 aromatic rings. The summed E-state index contributed by atoms with van der Waals surface area (Å²) < 4.78 is 5.81. The Kier molecular flexibility index (Phi) is 10.1. The lowest BCUT2D eigenvalue weighted by atomic mass is 9.99. The van der Waals surface area contributed by atoms with Crippen molar-refractivity contribution in [2.24, 2.45) is 5.73 Å². The van der Waals surface area contributed by atoms with Crippen molar-refractivity contribution in [1.29, 1.82) is 0 Å². The van der Waals surface area contributed by atoms with Gasteiger partial charge in [-0.3, -0.25) is 0 Å². The van der Waals surface area contributed by atoms with Crippen LogP contribution in [0.1, 0.15) is 51.2 Å². The molecule has 0 fully saturated rings. The van der Waals surface area contributed by atoms with Crippen molar-refractivity contribution in [3.8, 4) is 5.75 Å². The Balaban J connectivity index is 0.00000361. The normalized spacial score (nSPS) is 11.8. The van der Waals surface area contributed by atoms with Crippen molar-refractivity contribution in [1.82, 2.24) is 0 Å². The van der Waals surface area contributed by atoms with Gasteiger partial charge in [-0.25, -0.2) is 0 Å². The van der Waals surface area contributed by atoms with E-state index in [2.05, 4.69) is 26.8 Å². The number of rotatable bonds is 8. The van der Waals surface area contributed by atoms with Gasteiger partial charge >= 0.3 is 0 Å². The average molecular weight is 320 g/mol. The third-order valence-corrected chi connectivity index (χ3v) is 3.46. The quantitative estimate of drug-likeness (QED) is 0.748. The van der Waals surface area contributed by atoms with E-state index < -0.39 is 0 Å². The molecule has 4 heteroatoms. The van der Waals surface area contributed by atoms with Gasteiger partial charge in [0.15, 0.2) is 0 Å². The fourth-order valence-corrected chi connectivity index (χ4v) is 2.41. The van der Waals surface area contributed by atoms with Crippen LogP contribution in [0.25, 0.3) is 0 Å². The molecule has 1 atom stereocenters. The maximum absolute atomic E-state index is 6.37. The van der Waals surface area contributed by atoms with E-state index in [9.17, 15) is 0 Å². The van der Waals surface area contributed by atoms with Gasteiger partial charge in [-0.15, -0.1) is 12.4 Å². The molecule has 0 radical (unpaired) electrons. The topological polar surface area (TPSA) is 35.2 Å². The van der Waals surface area contributed by atoms with Gasteiger partial charge in [-0.05, 0) is 42.9 Å². The molecule has 1 unspecified atom stereocenters. The lowest BCUT2D eigenvalue weighted by molar-refractivity contribution is 0.313. The average Bonchev–Trinajstić information content (AvgIpc) is 2.38. The minimum atomic E-state index is 0. The molecule has 0 aliphatic rings. The Hall–Kier alpha value is -0.440. The van der Waals surface area contributed by atoms with Crippen LogP contribution >= 0.6 is 24.0 Å². The molecule has 0 saturated heterocycles. The van der Waals surface area contributed by atoms with Crippen LogP contribution in [-0.2, 0) is 12.8 Å². The summed E-state index contributed by atoms with van der Waals surface area (Å²) in [5.41, 5.74) is 8.50. The van der Waals surface area contributed by atoms with Crippen molar-refractivity contribution in [2.75, 3.05) is 6.61 Å². The minimum Gasteiger partial charge on any atom is -0.492 e. The molecule has 0 aliphatic heterocycles. The molecule has 2 N–H and O–H groups in total. The van der Waals surface area contributed by atoms with Crippen LogP contribution < -0.4 is 10.5 Å². The second kappa shape index (κ2) is 10.3. The first-order valence-corrected chi connectivity index (χ1v) is 7.69. The second-order valence-electron chi connectivity index (χ2n) is 5.04. The molecule has 116 valence electrons. The highest BCUT2D eigenvalue weighted by Gasteiger charge is 2.13. The summed E-state index contributed by atoms with van der Waals surface area (Å²) in [5, 5.41) is 0.720. The zero-order valence-electron chi connectivity index (χ0n) is 12.7. The standard InChI is InChI=1S/C16H26ClNO.ClH/c1-4-7-12-9-13(11-14(18)6-3)16(15(17)10-12)19-8-5-2;/h9-10,14H,4-8,11,18H2,1-3H3;1H. The van der Waals surface area contributed by atoms with Crippen LogP contribution in [0.3, 0.4) is 0 Å². The van der Waals surface area contributed by atoms with Gasteiger partial charge in [0.2, 0.25) is 0 Å². The fourth-order valence-electron chi connectivity index (χ4n) is 2.09. The Morgan fingerprint density at radius 3 is 2.45 bits per heavy atom. The second-order valence-corrected chi connectivity index (χ2v) is 5.44. The summed E-state index contributed by atoms with van der Waals surface area (Å²) in [4.78, 5) is 0. The zero-order valence-corrected chi connectivity index (χ0v) is 14.3. The Morgan fingerprint density at radius 1 is 1.20 bits per heavy atom. The van der Waals surface area contributed by atoms with E-state index in [0.717, 1.165) is 48.4 Å². The number of halogens is 2. The largest absolute Gasteiger partial charge is 0.492 e. The van der Waals surface area contributed by atoms with E-state index in [0.29, 0.717) is 6.61 Å². The summed E-state index contributed by atoms with van der Waals surface area (Å²) in [6.45, 7) is 7.07. The number of hydrogen-bond donors (Lipinski definition) is 1. The maximum Gasteiger partial charge on any atom is 0.141 e. The molecule has 0 aromatic heterocycles. The van der Waals surface area contributed by atoms with Gasteiger partial charge in [0, 0.05) is 6.04 Å². The van der Waals surface area contributed by atoms with E-state index in [1.54, 1.807) is 0 Å². The molecule has 0 bridgehead atoms. The van der Waals surface area contributed by atoms with Gasteiger partial charge in [0.05, 0.1) is 11.6 Å². The number of ether oxygens (including phenoxy) is 1. The van der Waals surface area contributed by atoms with E-state index in [-0.39, 0.29) is 18.4 Å². The third-order valence-electron chi connectivity index (χ3n) is 3.18. The van der Waals surface area contributed by atoms with Crippen LogP contribution in [0.2, 0.25) is 5.02 Å². The highest BCUT2D eigenvalue weighted by atomic mass is 35.5. The van der Waals surface area contributed by atoms with Crippen LogP contribution in [0.15, 0.2) is 12.1 Å². The first kappa shape index (κ1) is 19.6. The Morgan fingerprint density at radius 2 is 1.90 bits per heavy atom. The predicted molar refractivity (Wildman–Crippen MR) is 90.5 cm³/mol. The summed E-state index contributed by atoms with van der Waals surface area (Å²) in [6, 6.07) is 4.39. The Labute approximate surface area is 134 Å². The molecule has 2 nitrogen and oxygen atoms in total. The predicted octanol–water partition coefficient (Wildman–Crippen LogP) is 4.78. The smallest absolute Gasteiger partial charge is 0.141 e. The van der Waals surface area contributed by atoms with Crippen molar-refractivity contribution in [2.45, 2.75) is 58.9 Å². The van der Waals surface area contributed by atoms with Crippen molar-refractivity contribution >= 4 is 24.0 Å². The first-order chi connectivity index (χ1) is 9.12. The van der Waals surface area contributed by atoms with Crippen LogP contribution in [0, 0.1) is 0 Å². The van der Waals surface area contributed by atoms with E-state index in [1.807, 2.05) is 6.07 Å². The molecule has 0 amide bonds. The number of aryl methyl sites for hydroxylation is 1. The lowest BCUT2D eigenvalue weighted by Gasteiger charge is -2.17. The number of nitrogens with two attached hydrogens (primary N) is 1. The summed E-state index contributed by atoms with van der Waals surface area (Å²) in [6.07, 6.45) is 4.93. The first-order valence-electron chi connectivity index (χ1n) is 7.31. The maximum atomic E-state index is 6.37. The van der Waals surface area contributed by atoms with Crippen LogP contribution in [0.5, 0.6) is 5.75 Å². The van der Waals surface area contributed by atoms with Gasteiger partial charge in [-0.1, -0.05) is 44.9 Å². The lowest BCUT2D eigenvalue weighted by Crippen LogP contribution is -2.22. The SMILES string of the molecule is CCCOc1c(Cl)cc(CCC)cc1CC(N)CC.Cl. The molecule has 1 aromatic carbocycles. The van der Waals surface area contributed by atoms with Gasteiger partial charge in [0.25, 0.3) is 0 Å². The Bertz CT molecular complexity index is 396. The monoisotopic (exact) mass is 319 g/mol. The van der Waals surface area contributed by atoms with Gasteiger partial charge < -0.3 is 10.5 Å². The molecule has 0 spiro atoms. The molecular formula is C16H27Cl2NO. The molecule has 0 aliphatic carbocycles. The number of hydrogen-bond acceptors (Lipinski definition) is 2. The zero-order chi connectivity index (χ0) is 14.3. The summed E-state index contributed by atoms with van der Waals surface area (Å²) in [7, 11) is 0. The fraction of sp³-hybridized carbons (Fsp3) is 0.625. The van der Waals surface area contributed by atoms with Gasteiger partial charge in [0.1, 0.15) is 5.75 Å². The highest BCUT2D eigenvalue weighted by molar-refractivity contribution is 6.32. The van der Waals surface area contributed by atoms with E-state index >= 15 is 0 Å². The van der Waals surface area contributed by atoms with Crippen molar-refractivity contribution in [3.63, 3.8) is 0 Å². The molecule has 0 heterocycles. The summed E-state index contributed by atoms with van der Waals surface area (Å²) in [5.74, 6) is 0.826. The molecule has 1 rings (SSSR count). The highest BCUT2D eigenvalue weighted by Crippen LogP contribution is 2.32. The van der Waals surface area contributed by atoms with E-state index in [4.69, 9.17) is 22.1 Å². The minimum absolute atomic E-state index is 0. The van der Waals surface area contributed by atoms with E-state index in [1.165, 1.54) is 5.56 Å². The molecule has 0 saturated carbocycles. The van der Waals surface area contributed by atoms with Crippen LogP contribution in [-0.4, -0.2) is 12.6 Å². The van der Waals surface area contributed by atoms with Crippen molar-refractivity contribution < 1.29 is 4.74 Å². The summed E-state index contributed by atoms with van der Waals surface area (Å²) >= 11 is 6.37. The molecule has 20 heavy (non-hydrogen) atoms. The van der Waals surface area contributed by atoms with Crippen molar-refractivity contribution in [3.05, 3.63) is 28.3 Å². The third kappa shape index (κ3) is 5.90. The van der Waals surface area contributed by atoms with Crippen LogP contribution in [0.4, 0.5) is 0 Å². The molecular weight excluding hydrogens is 293 g/mol.